The van der Waals surface area contributed by atoms with Gasteiger partial charge in [-0.3, -0.25) is 9.79 Å². The molecule has 1 aromatic rings. The number of carboxylic acid groups (broad SMARTS) is 1. The first-order chi connectivity index (χ1) is 6.59. The van der Waals surface area contributed by atoms with Gasteiger partial charge in [-0.15, -0.1) is 0 Å². The van der Waals surface area contributed by atoms with Crippen molar-refractivity contribution in [2.75, 3.05) is 6.54 Å². The number of aliphatic carboxylic acids is 1. The van der Waals surface area contributed by atoms with E-state index in [1.807, 2.05) is 0 Å². The lowest BCUT2D eigenvalue weighted by molar-refractivity contribution is -0.135. The zero-order valence-electron chi connectivity index (χ0n) is 7.14. The van der Waals surface area contributed by atoms with Gasteiger partial charge in [-0.05, 0) is 18.2 Å². The first-order valence-electron chi connectivity index (χ1n) is 3.80. The summed E-state index contributed by atoms with van der Waals surface area (Å²) in [7, 11) is 0. The van der Waals surface area contributed by atoms with Crippen molar-refractivity contribution < 1.29 is 15.0 Å². The van der Waals surface area contributed by atoms with Crippen LogP contribution in [0.2, 0.25) is 0 Å². The standard InChI is InChI=1S/C9H8BrNO3/c10-7-1-2-8(12)6(3-7)4-11-5-9(13)14/h1-4,12H,5H2,(H,13,14). The van der Waals surface area contributed by atoms with Crippen LogP contribution in [0.4, 0.5) is 0 Å². The number of benzene rings is 1. The molecule has 0 spiro atoms. The molecule has 0 bridgehead atoms. The van der Waals surface area contributed by atoms with Crippen LogP contribution in [0.25, 0.3) is 0 Å². The fraction of sp³-hybridized carbons (Fsp3) is 0.111. The third kappa shape index (κ3) is 3.18. The topological polar surface area (TPSA) is 69.9 Å². The highest BCUT2D eigenvalue weighted by molar-refractivity contribution is 9.10. The number of rotatable bonds is 3. The summed E-state index contributed by atoms with van der Waals surface area (Å²) in [5.41, 5.74) is 0.487. The van der Waals surface area contributed by atoms with Crippen molar-refractivity contribution in [1.29, 1.82) is 0 Å². The summed E-state index contributed by atoms with van der Waals surface area (Å²) in [4.78, 5) is 13.8. The summed E-state index contributed by atoms with van der Waals surface area (Å²) < 4.78 is 0.798. The van der Waals surface area contributed by atoms with Crippen molar-refractivity contribution >= 4 is 28.1 Å². The molecule has 14 heavy (non-hydrogen) atoms. The third-order valence-corrected chi connectivity index (χ3v) is 1.94. The minimum atomic E-state index is -1.00. The average molecular weight is 258 g/mol. The van der Waals surface area contributed by atoms with E-state index >= 15 is 0 Å². The fourth-order valence-corrected chi connectivity index (χ4v) is 1.23. The predicted octanol–water partition coefficient (Wildman–Crippen LogP) is 1.66. The summed E-state index contributed by atoms with van der Waals surface area (Å²) in [6.07, 6.45) is 1.33. The predicted molar refractivity (Wildman–Crippen MR) is 55.9 cm³/mol. The van der Waals surface area contributed by atoms with E-state index in [-0.39, 0.29) is 12.3 Å². The molecule has 1 rings (SSSR count). The number of aromatic hydroxyl groups is 1. The van der Waals surface area contributed by atoms with Gasteiger partial charge in [0.1, 0.15) is 12.3 Å². The van der Waals surface area contributed by atoms with Crippen LogP contribution in [0.15, 0.2) is 27.7 Å². The summed E-state index contributed by atoms with van der Waals surface area (Å²) in [6, 6.07) is 4.84. The van der Waals surface area contributed by atoms with Crippen molar-refractivity contribution in [1.82, 2.24) is 0 Å². The van der Waals surface area contributed by atoms with E-state index in [9.17, 15) is 9.90 Å². The lowest BCUT2D eigenvalue weighted by Crippen LogP contribution is -1.99. The minimum absolute atomic E-state index is 0.0716. The molecular formula is C9H8BrNO3. The number of phenols is 1. The first-order valence-corrected chi connectivity index (χ1v) is 4.59. The molecule has 0 atom stereocenters. The largest absolute Gasteiger partial charge is 0.507 e. The van der Waals surface area contributed by atoms with Crippen LogP contribution < -0.4 is 0 Å². The summed E-state index contributed by atoms with van der Waals surface area (Å²) >= 11 is 3.23. The fourth-order valence-electron chi connectivity index (χ4n) is 0.851. The maximum Gasteiger partial charge on any atom is 0.325 e. The van der Waals surface area contributed by atoms with Crippen molar-refractivity contribution in [3.63, 3.8) is 0 Å². The summed E-state index contributed by atoms with van der Waals surface area (Å²) in [6.45, 7) is -0.300. The maximum absolute atomic E-state index is 10.2. The Morgan fingerprint density at radius 1 is 1.57 bits per heavy atom. The second kappa shape index (κ2) is 4.76. The van der Waals surface area contributed by atoms with Crippen molar-refractivity contribution in [3.05, 3.63) is 28.2 Å². The van der Waals surface area contributed by atoms with Crippen LogP contribution in [-0.4, -0.2) is 28.9 Å². The molecule has 0 fully saturated rings. The monoisotopic (exact) mass is 257 g/mol. The van der Waals surface area contributed by atoms with Gasteiger partial charge in [-0.25, -0.2) is 0 Å². The minimum Gasteiger partial charge on any atom is -0.507 e. The number of hydrogen-bond donors (Lipinski definition) is 2. The normalized spacial score (nSPS) is 10.6. The highest BCUT2D eigenvalue weighted by Gasteiger charge is 1.98. The molecule has 1 aromatic carbocycles. The van der Waals surface area contributed by atoms with E-state index in [2.05, 4.69) is 20.9 Å². The van der Waals surface area contributed by atoms with E-state index in [4.69, 9.17) is 5.11 Å². The number of halogens is 1. The molecule has 2 N–H and O–H groups in total. The highest BCUT2D eigenvalue weighted by atomic mass is 79.9. The van der Waals surface area contributed by atoms with Crippen LogP contribution >= 0.6 is 15.9 Å². The van der Waals surface area contributed by atoms with Gasteiger partial charge in [-0.1, -0.05) is 15.9 Å². The quantitative estimate of drug-likeness (QED) is 0.810. The molecule has 0 aliphatic rings. The van der Waals surface area contributed by atoms with Crippen LogP contribution in [0, 0.1) is 0 Å². The Bertz CT molecular complexity index is 376. The van der Waals surface area contributed by atoms with Gasteiger partial charge < -0.3 is 10.2 Å². The second-order valence-corrected chi connectivity index (χ2v) is 3.48. The van der Waals surface area contributed by atoms with E-state index < -0.39 is 5.97 Å². The Hall–Kier alpha value is -1.36. The van der Waals surface area contributed by atoms with Gasteiger partial charge in [0.25, 0.3) is 0 Å². The van der Waals surface area contributed by atoms with Crippen LogP contribution in [0.3, 0.4) is 0 Å². The van der Waals surface area contributed by atoms with E-state index in [1.54, 1.807) is 12.1 Å². The molecule has 5 heteroatoms. The Morgan fingerprint density at radius 3 is 2.93 bits per heavy atom. The molecule has 0 amide bonds. The van der Waals surface area contributed by atoms with Gasteiger partial charge in [0, 0.05) is 16.3 Å². The smallest absolute Gasteiger partial charge is 0.325 e. The first kappa shape index (κ1) is 10.7. The van der Waals surface area contributed by atoms with Crippen molar-refractivity contribution in [2.45, 2.75) is 0 Å². The molecule has 0 aliphatic carbocycles. The Balaban J connectivity index is 2.80. The molecule has 74 valence electrons. The third-order valence-electron chi connectivity index (χ3n) is 1.45. The van der Waals surface area contributed by atoms with Gasteiger partial charge >= 0.3 is 5.97 Å². The van der Waals surface area contributed by atoms with Gasteiger partial charge in [-0.2, -0.15) is 0 Å². The number of nitrogens with zero attached hydrogens (tertiary/aromatic N) is 1. The molecule has 0 radical (unpaired) electrons. The van der Waals surface area contributed by atoms with Crippen molar-refractivity contribution in [2.24, 2.45) is 4.99 Å². The number of aliphatic imine (C=N–C) groups is 1. The Labute approximate surface area is 89.0 Å². The van der Waals surface area contributed by atoms with Crippen LogP contribution in [0.1, 0.15) is 5.56 Å². The average Bonchev–Trinajstić information content (AvgIpc) is 2.10. The van der Waals surface area contributed by atoms with Crippen molar-refractivity contribution in [3.8, 4) is 5.75 Å². The van der Waals surface area contributed by atoms with Gasteiger partial charge in [0.05, 0.1) is 0 Å². The highest BCUT2D eigenvalue weighted by Crippen LogP contribution is 2.19. The molecular weight excluding hydrogens is 250 g/mol. The van der Waals surface area contributed by atoms with E-state index in [1.165, 1.54) is 12.3 Å². The number of phenolic OH excluding ortho intramolecular Hbond substituents is 1. The van der Waals surface area contributed by atoms with Gasteiger partial charge in [0.15, 0.2) is 0 Å². The Morgan fingerprint density at radius 2 is 2.29 bits per heavy atom. The SMILES string of the molecule is O=C(O)CN=Cc1cc(Br)ccc1O. The van der Waals surface area contributed by atoms with Gasteiger partial charge in [0.2, 0.25) is 0 Å². The molecule has 0 saturated heterocycles. The zero-order chi connectivity index (χ0) is 10.6. The lowest BCUT2D eigenvalue weighted by Gasteiger charge is -1.98. The van der Waals surface area contributed by atoms with E-state index in [0.29, 0.717) is 5.56 Å². The zero-order valence-corrected chi connectivity index (χ0v) is 8.73. The molecule has 4 nitrogen and oxygen atoms in total. The lowest BCUT2D eigenvalue weighted by atomic mass is 10.2. The number of hydrogen-bond acceptors (Lipinski definition) is 3. The molecule has 0 aromatic heterocycles. The Kier molecular flexibility index (Phi) is 3.64. The summed E-state index contributed by atoms with van der Waals surface area (Å²) in [5.74, 6) is -0.932. The van der Waals surface area contributed by atoms with E-state index in [0.717, 1.165) is 4.47 Å². The van der Waals surface area contributed by atoms with Crippen LogP contribution in [0.5, 0.6) is 5.75 Å². The molecule has 0 aliphatic heterocycles. The number of carboxylic acids is 1. The molecule has 0 saturated carbocycles. The molecule has 0 unspecified atom stereocenters. The summed E-state index contributed by atoms with van der Waals surface area (Å²) in [5, 5.41) is 17.7. The second-order valence-electron chi connectivity index (χ2n) is 2.57. The van der Waals surface area contributed by atoms with Crippen LogP contribution in [-0.2, 0) is 4.79 Å². The molecule has 0 heterocycles. The number of carbonyl (C=O) groups is 1. The maximum atomic E-state index is 10.2.